The van der Waals surface area contributed by atoms with Crippen LogP contribution in [0.1, 0.15) is 43.5 Å². The largest absolute Gasteiger partial charge is 0.375 e. The molecule has 0 radical (unpaired) electrons. The Morgan fingerprint density at radius 2 is 1.71 bits per heavy atom. The molecule has 1 heterocycles. The Morgan fingerprint density at radius 1 is 1.14 bits per heavy atom. The van der Waals surface area contributed by atoms with Crippen molar-refractivity contribution < 1.29 is 13.5 Å². The third-order valence-corrected chi connectivity index (χ3v) is 2.98. The van der Waals surface area contributed by atoms with Gasteiger partial charge in [-0.1, -0.05) is 0 Å². The van der Waals surface area contributed by atoms with E-state index in [4.69, 9.17) is 4.74 Å². The number of hydrogen-bond acceptors (Lipinski definition) is 4. The van der Waals surface area contributed by atoms with E-state index in [9.17, 15) is 8.78 Å². The van der Waals surface area contributed by atoms with E-state index in [1.807, 2.05) is 13.8 Å². The number of ether oxygens (including phenoxy) is 1. The molecule has 0 bridgehead atoms. The number of alkyl halides is 2. The molecular weight excluding hydrogens is 276 g/mol. The summed E-state index contributed by atoms with van der Waals surface area (Å²) < 4.78 is 28.8. The first-order valence-corrected chi connectivity index (χ1v) is 7.13. The first kappa shape index (κ1) is 17.9. The summed E-state index contributed by atoms with van der Waals surface area (Å²) >= 11 is 0. The first-order valence-electron chi connectivity index (χ1n) is 7.13. The maximum Gasteiger partial charge on any atom is 0.261 e. The second-order valence-electron chi connectivity index (χ2n) is 6.11. The predicted octanol–water partition coefficient (Wildman–Crippen LogP) is 2.81. The van der Waals surface area contributed by atoms with Crippen molar-refractivity contribution in [2.24, 2.45) is 0 Å². The molecule has 0 aliphatic heterocycles. The zero-order valence-electron chi connectivity index (χ0n) is 13.5. The number of nitrogens with one attached hydrogen (secondary N) is 1. The van der Waals surface area contributed by atoms with Crippen LogP contribution in [0.2, 0.25) is 0 Å². The average molecular weight is 301 g/mol. The van der Waals surface area contributed by atoms with Crippen molar-refractivity contribution in [2.45, 2.75) is 59.5 Å². The summed E-state index contributed by atoms with van der Waals surface area (Å²) in [6, 6.07) is 0. The van der Waals surface area contributed by atoms with E-state index in [-0.39, 0.29) is 12.1 Å². The molecule has 1 N–H and O–H groups in total. The molecule has 0 aromatic carbocycles. The number of aromatic nitrogens is 2. The van der Waals surface area contributed by atoms with Crippen LogP contribution in [0.25, 0.3) is 0 Å². The topological polar surface area (TPSA) is 47.0 Å². The van der Waals surface area contributed by atoms with Crippen LogP contribution in [-0.4, -0.2) is 35.1 Å². The molecule has 0 amide bonds. The molecular formula is C15H25F2N3O. The van der Waals surface area contributed by atoms with Crippen molar-refractivity contribution >= 4 is 0 Å². The van der Waals surface area contributed by atoms with Crippen LogP contribution in [0, 0.1) is 13.8 Å². The number of nitrogens with zero attached hydrogens (tertiary/aromatic N) is 2. The fourth-order valence-corrected chi connectivity index (χ4v) is 1.87. The molecule has 1 aromatic heterocycles. The zero-order chi connectivity index (χ0) is 16.0. The highest BCUT2D eigenvalue weighted by Crippen LogP contribution is 2.12. The molecule has 120 valence electrons. The van der Waals surface area contributed by atoms with Crippen LogP contribution in [0.15, 0.2) is 0 Å². The molecule has 0 spiro atoms. The molecule has 0 saturated carbocycles. The summed E-state index contributed by atoms with van der Waals surface area (Å²) in [7, 11) is 0. The molecule has 1 rings (SSSR count). The lowest BCUT2D eigenvalue weighted by Gasteiger charge is -2.22. The lowest BCUT2D eigenvalue weighted by Crippen LogP contribution is -2.35. The highest BCUT2D eigenvalue weighted by molar-refractivity contribution is 5.24. The quantitative estimate of drug-likeness (QED) is 0.787. The highest BCUT2D eigenvalue weighted by Gasteiger charge is 2.13. The van der Waals surface area contributed by atoms with E-state index < -0.39 is 13.0 Å². The van der Waals surface area contributed by atoms with Gasteiger partial charge in [0.1, 0.15) is 12.4 Å². The average Bonchev–Trinajstić information content (AvgIpc) is 2.32. The molecule has 0 aliphatic rings. The summed E-state index contributed by atoms with van der Waals surface area (Å²) in [5.74, 6) is 0.638. The molecule has 0 aliphatic carbocycles. The van der Waals surface area contributed by atoms with Gasteiger partial charge in [0, 0.05) is 35.5 Å². The van der Waals surface area contributed by atoms with Gasteiger partial charge in [0.05, 0.1) is 6.61 Å². The van der Waals surface area contributed by atoms with Gasteiger partial charge in [-0.25, -0.2) is 18.7 Å². The van der Waals surface area contributed by atoms with Crippen molar-refractivity contribution in [3.05, 3.63) is 22.8 Å². The second kappa shape index (κ2) is 7.75. The standard InChI is InChI=1S/C15H25F2N3O/c1-10-12(8-18-15(3,4)5)11(2)20-14(19-10)6-7-21-9-13(16)17/h13,18H,6-9H2,1-5H3. The Bertz CT molecular complexity index is 436. The number of aryl methyl sites for hydroxylation is 2. The van der Waals surface area contributed by atoms with E-state index in [0.29, 0.717) is 18.8 Å². The van der Waals surface area contributed by atoms with Crippen molar-refractivity contribution in [1.82, 2.24) is 15.3 Å². The zero-order valence-corrected chi connectivity index (χ0v) is 13.5. The second-order valence-corrected chi connectivity index (χ2v) is 6.11. The minimum Gasteiger partial charge on any atom is -0.375 e. The number of rotatable bonds is 7. The Kier molecular flexibility index (Phi) is 6.61. The van der Waals surface area contributed by atoms with Gasteiger partial charge in [-0.3, -0.25) is 0 Å². The lowest BCUT2D eigenvalue weighted by molar-refractivity contribution is 0.0182. The normalized spacial score (nSPS) is 12.2. The first-order chi connectivity index (χ1) is 9.69. The summed E-state index contributed by atoms with van der Waals surface area (Å²) in [5.41, 5.74) is 2.95. The SMILES string of the molecule is Cc1nc(CCOCC(F)F)nc(C)c1CNC(C)(C)C. The molecule has 0 saturated heterocycles. The third-order valence-electron chi connectivity index (χ3n) is 2.98. The molecule has 4 nitrogen and oxygen atoms in total. The van der Waals surface area contributed by atoms with Gasteiger partial charge in [-0.05, 0) is 34.6 Å². The molecule has 21 heavy (non-hydrogen) atoms. The van der Waals surface area contributed by atoms with Crippen LogP contribution >= 0.6 is 0 Å². The van der Waals surface area contributed by atoms with Gasteiger partial charge >= 0.3 is 0 Å². The smallest absolute Gasteiger partial charge is 0.261 e. The van der Waals surface area contributed by atoms with Crippen LogP contribution in [0.5, 0.6) is 0 Å². The fourth-order valence-electron chi connectivity index (χ4n) is 1.87. The third kappa shape index (κ3) is 6.91. The van der Waals surface area contributed by atoms with Crippen molar-refractivity contribution in [3.63, 3.8) is 0 Å². The van der Waals surface area contributed by atoms with Gasteiger partial charge in [-0.15, -0.1) is 0 Å². The van der Waals surface area contributed by atoms with E-state index in [2.05, 4.69) is 36.1 Å². The Morgan fingerprint density at radius 3 is 2.19 bits per heavy atom. The highest BCUT2D eigenvalue weighted by atomic mass is 19.3. The van der Waals surface area contributed by atoms with Crippen LogP contribution < -0.4 is 5.32 Å². The summed E-state index contributed by atoms with van der Waals surface area (Å²) in [6.45, 7) is 10.6. The maximum absolute atomic E-state index is 12.0. The Labute approximate surface area is 125 Å². The minimum atomic E-state index is -2.43. The molecule has 6 heteroatoms. The molecule has 0 unspecified atom stereocenters. The maximum atomic E-state index is 12.0. The summed E-state index contributed by atoms with van der Waals surface area (Å²) in [6.07, 6.45) is -1.98. The van der Waals surface area contributed by atoms with Crippen molar-refractivity contribution in [1.29, 1.82) is 0 Å². The van der Waals surface area contributed by atoms with E-state index >= 15 is 0 Å². The molecule has 1 aromatic rings. The summed E-state index contributed by atoms with van der Waals surface area (Å²) in [5, 5.41) is 3.42. The van der Waals surface area contributed by atoms with Crippen LogP contribution in [0.3, 0.4) is 0 Å². The van der Waals surface area contributed by atoms with Crippen LogP contribution in [-0.2, 0) is 17.7 Å². The summed E-state index contributed by atoms with van der Waals surface area (Å²) in [4.78, 5) is 8.87. The van der Waals surface area contributed by atoms with E-state index in [1.165, 1.54) is 0 Å². The van der Waals surface area contributed by atoms with Crippen molar-refractivity contribution in [3.8, 4) is 0 Å². The van der Waals surface area contributed by atoms with Gasteiger partial charge in [0.15, 0.2) is 0 Å². The van der Waals surface area contributed by atoms with Crippen molar-refractivity contribution in [2.75, 3.05) is 13.2 Å². The van der Waals surface area contributed by atoms with Crippen LogP contribution in [0.4, 0.5) is 8.78 Å². The van der Waals surface area contributed by atoms with Gasteiger partial charge in [0.25, 0.3) is 6.43 Å². The van der Waals surface area contributed by atoms with E-state index in [1.54, 1.807) is 0 Å². The van der Waals surface area contributed by atoms with Gasteiger partial charge in [0.2, 0.25) is 0 Å². The van der Waals surface area contributed by atoms with Gasteiger partial charge < -0.3 is 10.1 Å². The molecule has 0 atom stereocenters. The fraction of sp³-hybridized carbons (Fsp3) is 0.733. The monoisotopic (exact) mass is 301 g/mol. The van der Waals surface area contributed by atoms with E-state index in [0.717, 1.165) is 17.0 Å². The number of halogens is 2. The Hall–Kier alpha value is -1.14. The lowest BCUT2D eigenvalue weighted by atomic mass is 10.1. The minimum absolute atomic E-state index is 0.0284. The predicted molar refractivity (Wildman–Crippen MR) is 78.6 cm³/mol. The Balaban J connectivity index is 2.62. The van der Waals surface area contributed by atoms with Gasteiger partial charge in [-0.2, -0.15) is 0 Å². The number of hydrogen-bond donors (Lipinski definition) is 1. The molecule has 0 fully saturated rings.